The molecule has 0 bridgehead atoms. The summed E-state index contributed by atoms with van der Waals surface area (Å²) in [5, 5.41) is 3.85. The van der Waals surface area contributed by atoms with E-state index in [2.05, 4.69) is 5.32 Å². The van der Waals surface area contributed by atoms with Crippen molar-refractivity contribution in [1.82, 2.24) is 10.2 Å². The third-order valence-corrected chi connectivity index (χ3v) is 7.54. The van der Waals surface area contributed by atoms with E-state index in [1.807, 2.05) is 67.6 Å². The van der Waals surface area contributed by atoms with E-state index in [9.17, 15) is 9.59 Å². The summed E-state index contributed by atoms with van der Waals surface area (Å²) in [6, 6.07) is 22.2. The molecule has 2 amide bonds. The van der Waals surface area contributed by atoms with Crippen molar-refractivity contribution < 1.29 is 14.3 Å². The molecule has 0 aliphatic rings. The molecule has 0 saturated carbocycles. The maximum atomic E-state index is 13.6. The summed E-state index contributed by atoms with van der Waals surface area (Å²) < 4.78 is 5.22. The van der Waals surface area contributed by atoms with Crippen molar-refractivity contribution in [3.8, 4) is 5.75 Å². The normalized spacial score (nSPS) is 11.6. The number of thioether (sulfide) groups is 1. The molecule has 0 spiro atoms. The Hall–Kier alpha value is -2.67. The molecule has 0 aromatic heterocycles. The number of hydrogen-bond donors (Lipinski definition) is 1. The highest BCUT2D eigenvalue weighted by Crippen LogP contribution is 2.25. The van der Waals surface area contributed by atoms with Gasteiger partial charge < -0.3 is 15.0 Å². The van der Waals surface area contributed by atoms with E-state index in [4.69, 9.17) is 27.9 Å². The Bertz CT molecular complexity index is 1160. The summed E-state index contributed by atoms with van der Waals surface area (Å²) in [5.41, 5.74) is 2.89. The van der Waals surface area contributed by atoms with Crippen molar-refractivity contribution in [3.05, 3.63) is 99.5 Å². The maximum absolute atomic E-state index is 13.6. The summed E-state index contributed by atoms with van der Waals surface area (Å²) in [6.45, 7) is 2.79. The molecule has 0 unspecified atom stereocenters. The number of ether oxygens (including phenoxy) is 1. The van der Waals surface area contributed by atoms with Crippen molar-refractivity contribution in [2.24, 2.45) is 0 Å². The lowest BCUT2D eigenvalue weighted by Crippen LogP contribution is -2.51. The van der Waals surface area contributed by atoms with Crippen LogP contribution in [0.5, 0.6) is 5.75 Å². The second kappa shape index (κ2) is 14.9. The lowest BCUT2D eigenvalue weighted by Gasteiger charge is -2.31. The molecule has 37 heavy (non-hydrogen) atoms. The maximum Gasteiger partial charge on any atom is 0.243 e. The first-order valence-electron chi connectivity index (χ1n) is 12.2. The van der Waals surface area contributed by atoms with Crippen LogP contribution in [0.2, 0.25) is 10.0 Å². The zero-order chi connectivity index (χ0) is 26.6. The van der Waals surface area contributed by atoms with Crippen LogP contribution >= 0.6 is 35.0 Å². The van der Waals surface area contributed by atoms with Gasteiger partial charge in [-0.2, -0.15) is 0 Å². The van der Waals surface area contributed by atoms with Crippen LogP contribution in [0.4, 0.5) is 0 Å². The van der Waals surface area contributed by atoms with Crippen LogP contribution in [-0.4, -0.2) is 42.2 Å². The van der Waals surface area contributed by atoms with E-state index < -0.39 is 6.04 Å². The third kappa shape index (κ3) is 8.99. The molecule has 0 aliphatic carbocycles. The van der Waals surface area contributed by atoms with E-state index in [0.717, 1.165) is 28.9 Å². The average Bonchev–Trinajstić information content (AvgIpc) is 2.92. The average molecular weight is 560 g/mol. The number of halogens is 2. The second-order valence-electron chi connectivity index (χ2n) is 8.61. The molecule has 3 rings (SSSR count). The van der Waals surface area contributed by atoms with E-state index in [1.54, 1.807) is 24.1 Å². The van der Waals surface area contributed by atoms with Gasteiger partial charge in [-0.05, 0) is 47.4 Å². The third-order valence-electron chi connectivity index (χ3n) is 5.81. The number of hydrogen-bond acceptors (Lipinski definition) is 4. The molecule has 0 radical (unpaired) electrons. The van der Waals surface area contributed by atoms with Gasteiger partial charge >= 0.3 is 0 Å². The predicted octanol–water partition coefficient (Wildman–Crippen LogP) is 6.40. The van der Waals surface area contributed by atoms with Crippen molar-refractivity contribution >= 4 is 46.8 Å². The van der Waals surface area contributed by atoms with Gasteiger partial charge in [0.05, 0.1) is 22.9 Å². The number of carbonyl (C=O) groups is 2. The number of nitrogens with zero attached hydrogens (tertiary/aromatic N) is 1. The second-order valence-corrected chi connectivity index (χ2v) is 10.4. The molecule has 0 heterocycles. The highest BCUT2D eigenvalue weighted by molar-refractivity contribution is 7.99. The Morgan fingerprint density at radius 2 is 1.65 bits per heavy atom. The number of amides is 2. The SMILES string of the molecule is CCCNC(=O)[C@@H](Cc1ccccc1)N(Cc1ccc(Cl)c(Cl)c1)C(=O)CSCc1ccc(OC)cc1. The number of nitrogens with one attached hydrogen (secondary N) is 1. The number of benzene rings is 3. The summed E-state index contributed by atoms with van der Waals surface area (Å²) in [4.78, 5) is 28.7. The van der Waals surface area contributed by atoms with Gasteiger partial charge in [0.15, 0.2) is 0 Å². The molecule has 3 aromatic rings. The van der Waals surface area contributed by atoms with E-state index >= 15 is 0 Å². The molecular weight excluding hydrogens is 527 g/mol. The summed E-state index contributed by atoms with van der Waals surface area (Å²) in [5.74, 6) is 1.41. The van der Waals surface area contributed by atoms with Crippen molar-refractivity contribution in [1.29, 1.82) is 0 Å². The largest absolute Gasteiger partial charge is 0.497 e. The zero-order valence-corrected chi connectivity index (χ0v) is 23.4. The zero-order valence-electron chi connectivity index (χ0n) is 21.1. The van der Waals surface area contributed by atoms with Gasteiger partial charge in [-0.3, -0.25) is 9.59 Å². The first-order chi connectivity index (χ1) is 17.9. The Labute approximate surface area is 233 Å². The predicted molar refractivity (Wildman–Crippen MR) is 153 cm³/mol. The van der Waals surface area contributed by atoms with Gasteiger partial charge in [0, 0.05) is 25.3 Å². The fraction of sp³-hybridized carbons (Fsp3) is 0.310. The lowest BCUT2D eigenvalue weighted by molar-refractivity contribution is -0.139. The molecular formula is C29H32Cl2N2O3S. The van der Waals surface area contributed by atoms with Gasteiger partial charge in [0.1, 0.15) is 11.8 Å². The topological polar surface area (TPSA) is 58.6 Å². The Morgan fingerprint density at radius 3 is 2.30 bits per heavy atom. The lowest BCUT2D eigenvalue weighted by atomic mass is 10.0. The van der Waals surface area contributed by atoms with Crippen LogP contribution in [0.3, 0.4) is 0 Å². The number of carbonyl (C=O) groups excluding carboxylic acids is 2. The minimum atomic E-state index is -0.669. The van der Waals surface area contributed by atoms with E-state index in [1.165, 1.54) is 11.8 Å². The summed E-state index contributed by atoms with van der Waals surface area (Å²) >= 11 is 13.9. The fourth-order valence-corrected chi connectivity index (χ4v) is 5.01. The van der Waals surface area contributed by atoms with Crippen LogP contribution in [0.1, 0.15) is 30.0 Å². The first-order valence-corrected chi connectivity index (χ1v) is 14.1. The Kier molecular flexibility index (Phi) is 11.6. The summed E-state index contributed by atoms with van der Waals surface area (Å²) in [6.07, 6.45) is 1.22. The highest BCUT2D eigenvalue weighted by Gasteiger charge is 2.30. The van der Waals surface area contributed by atoms with Crippen LogP contribution in [0, 0.1) is 0 Å². The minimum Gasteiger partial charge on any atom is -0.497 e. The fourth-order valence-electron chi connectivity index (χ4n) is 3.82. The van der Waals surface area contributed by atoms with Crippen molar-refractivity contribution in [3.63, 3.8) is 0 Å². The van der Waals surface area contributed by atoms with Crippen LogP contribution < -0.4 is 10.1 Å². The van der Waals surface area contributed by atoms with Gasteiger partial charge in [-0.15, -0.1) is 11.8 Å². The van der Waals surface area contributed by atoms with Gasteiger partial charge in [0.2, 0.25) is 11.8 Å². The quantitative estimate of drug-likeness (QED) is 0.263. The summed E-state index contributed by atoms with van der Waals surface area (Å²) in [7, 11) is 1.63. The van der Waals surface area contributed by atoms with Gasteiger partial charge in [0.25, 0.3) is 0 Å². The molecule has 0 saturated heterocycles. The van der Waals surface area contributed by atoms with Crippen molar-refractivity contribution in [2.75, 3.05) is 19.4 Å². The standard InChI is InChI=1S/C29H32Cl2N2O3S/c1-3-15-32-29(35)27(17-21-7-5-4-6-8-21)33(18-23-11-14-25(30)26(31)16-23)28(34)20-37-19-22-9-12-24(36-2)13-10-22/h4-14,16,27H,3,15,17-20H2,1-2H3,(H,32,35)/t27-/m1/s1. The molecule has 1 N–H and O–H groups in total. The van der Waals surface area contributed by atoms with E-state index in [0.29, 0.717) is 28.8 Å². The molecule has 1 atom stereocenters. The van der Waals surface area contributed by atoms with Crippen LogP contribution in [-0.2, 0) is 28.3 Å². The number of rotatable bonds is 13. The molecule has 196 valence electrons. The van der Waals surface area contributed by atoms with E-state index in [-0.39, 0.29) is 24.1 Å². The molecule has 0 aliphatic heterocycles. The Morgan fingerprint density at radius 1 is 0.946 bits per heavy atom. The molecule has 3 aromatic carbocycles. The molecule has 0 fully saturated rings. The Balaban J connectivity index is 1.83. The molecule has 5 nitrogen and oxygen atoms in total. The molecule has 8 heteroatoms. The smallest absolute Gasteiger partial charge is 0.243 e. The van der Waals surface area contributed by atoms with Gasteiger partial charge in [-0.25, -0.2) is 0 Å². The highest BCUT2D eigenvalue weighted by atomic mass is 35.5. The van der Waals surface area contributed by atoms with Crippen LogP contribution in [0.25, 0.3) is 0 Å². The first kappa shape index (κ1) is 28.9. The number of methoxy groups -OCH3 is 1. The monoisotopic (exact) mass is 558 g/mol. The van der Waals surface area contributed by atoms with Crippen molar-refractivity contribution in [2.45, 2.75) is 38.1 Å². The van der Waals surface area contributed by atoms with Gasteiger partial charge in [-0.1, -0.05) is 78.7 Å². The van der Waals surface area contributed by atoms with Crippen LogP contribution in [0.15, 0.2) is 72.8 Å². The minimum absolute atomic E-state index is 0.114.